The van der Waals surface area contributed by atoms with Crippen molar-refractivity contribution in [3.63, 3.8) is 0 Å². The predicted molar refractivity (Wildman–Crippen MR) is 120 cm³/mol. The van der Waals surface area contributed by atoms with Gasteiger partial charge in [0.15, 0.2) is 9.84 Å². The van der Waals surface area contributed by atoms with Crippen LogP contribution >= 0.6 is 15.9 Å². The number of carbonyl (C=O) groups excluding carboxylic acids is 1. The first-order chi connectivity index (χ1) is 13.5. The van der Waals surface area contributed by atoms with E-state index in [4.69, 9.17) is 4.74 Å². The van der Waals surface area contributed by atoms with E-state index >= 15 is 0 Å². The van der Waals surface area contributed by atoms with E-state index < -0.39 is 38.9 Å². The van der Waals surface area contributed by atoms with Gasteiger partial charge in [0.2, 0.25) is 0 Å². The topological polar surface area (TPSA) is 63.7 Å². The minimum atomic E-state index is -3.66. The molecule has 1 aromatic carbocycles. The Morgan fingerprint density at radius 3 is 2.45 bits per heavy atom. The molecule has 1 amide bonds. The minimum absolute atomic E-state index is 0.265. The summed E-state index contributed by atoms with van der Waals surface area (Å²) >= 11 is 3.38. The quantitative estimate of drug-likeness (QED) is 0.419. The summed E-state index contributed by atoms with van der Waals surface area (Å²) in [6.07, 6.45) is 5.82. The Bertz CT molecular complexity index is 856. The Morgan fingerprint density at radius 2 is 1.93 bits per heavy atom. The SMILES string of the molecule is C=C[C@H]1C[C@@H](S(=O)(=O)c2ccc(C)cc2)[C@@H](/C=C/CCBr)N1C(=O)OC(C)(C)C. The molecule has 1 aliphatic heterocycles. The second kappa shape index (κ2) is 9.47. The van der Waals surface area contributed by atoms with Crippen molar-refractivity contribution >= 4 is 31.9 Å². The normalized spacial score (nSPS) is 22.8. The average Bonchev–Trinajstić information content (AvgIpc) is 3.00. The largest absolute Gasteiger partial charge is 0.444 e. The lowest BCUT2D eigenvalue weighted by atomic mass is 10.1. The van der Waals surface area contributed by atoms with Gasteiger partial charge >= 0.3 is 6.09 Å². The maximum absolute atomic E-state index is 13.4. The van der Waals surface area contributed by atoms with Crippen molar-refractivity contribution < 1.29 is 17.9 Å². The third kappa shape index (κ3) is 5.72. The van der Waals surface area contributed by atoms with Gasteiger partial charge in [-0.1, -0.05) is 51.9 Å². The monoisotopic (exact) mass is 483 g/mol. The summed E-state index contributed by atoms with van der Waals surface area (Å²) in [5, 5.41) is -0.0181. The Hall–Kier alpha value is -1.60. The van der Waals surface area contributed by atoms with Gasteiger partial charge in [-0.15, -0.1) is 6.58 Å². The Labute approximate surface area is 182 Å². The van der Waals surface area contributed by atoms with Crippen LogP contribution in [0.15, 0.2) is 54.0 Å². The summed E-state index contributed by atoms with van der Waals surface area (Å²) in [4.78, 5) is 14.7. The molecule has 1 fully saturated rings. The molecule has 0 radical (unpaired) electrons. The van der Waals surface area contributed by atoms with E-state index in [1.165, 1.54) is 4.90 Å². The standard InChI is InChI=1S/C22H30BrNO4S/c1-6-17-15-20(29(26,27)18-12-10-16(2)11-13-18)19(9-7-8-14-23)24(17)21(25)28-22(3,4)5/h6-7,9-13,17,19-20H,1,8,14-15H2,2-5H3/b9-7+/t17-,19+,20+/m0/s1. The van der Waals surface area contributed by atoms with E-state index in [0.717, 1.165) is 17.3 Å². The highest BCUT2D eigenvalue weighted by Gasteiger charge is 2.49. The van der Waals surface area contributed by atoms with Crippen LogP contribution in [0, 0.1) is 6.92 Å². The Kier molecular flexibility index (Phi) is 7.74. The third-order valence-corrected chi connectivity index (χ3v) is 7.42. The molecule has 0 saturated carbocycles. The summed E-state index contributed by atoms with van der Waals surface area (Å²) < 4.78 is 32.5. The summed E-state index contributed by atoms with van der Waals surface area (Å²) in [6, 6.07) is 5.78. The summed E-state index contributed by atoms with van der Waals surface area (Å²) in [6.45, 7) is 11.1. The van der Waals surface area contributed by atoms with Crippen LogP contribution < -0.4 is 0 Å². The predicted octanol–water partition coefficient (Wildman–Crippen LogP) is 5.04. The molecule has 0 unspecified atom stereocenters. The number of alkyl halides is 1. The van der Waals surface area contributed by atoms with Crippen LogP contribution in [0.1, 0.15) is 39.2 Å². The van der Waals surface area contributed by atoms with E-state index in [-0.39, 0.29) is 11.3 Å². The van der Waals surface area contributed by atoms with Crippen LogP contribution in [-0.4, -0.2) is 47.7 Å². The molecule has 5 nitrogen and oxygen atoms in total. The Balaban J connectivity index is 2.48. The van der Waals surface area contributed by atoms with E-state index in [2.05, 4.69) is 22.5 Å². The van der Waals surface area contributed by atoms with E-state index in [1.807, 2.05) is 19.1 Å². The van der Waals surface area contributed by atoms with Gasteiger partial charge in [0.05, 0.1) is 22.2 Å². The number of likely N-dealkylation sites (tertiary alicyclic amines) is 1. The molecule has 0 aliphatic carbocycles. The molecule has 1 saturated heterocycles. The molecule has 0 bridgehead atoms. The van der Waals surface area contributed by atoms with Crippen LogP contribution in [0.25, 0.3) is 0 Å². The highest BCUT2D eigenvalue weighted by atomic mass is 79.9. The molecule has 29 heavy (non-hydrogen) atoms. The van der Waals surface area contributed by atoms with E-state index in [9.17, 15) is 13.2 Å². The first kappa shape index (κ1) is 23.7. The number of allylic oxidation sites excluding steroid dienone is 1. The van der Waals surface area contributed by atoms with E-state index in [0.29, 0.717) is 0 Å². The van der Waals surface area contributed by atoms with E-state index in [1.54, 1.807) is 51.1 Å². The molecule has 1 heterocycles. The molecule has 3 atom stereocenters. The van der Waals surface area contributed by atoms with Crippen molar-refractivity contribution in [1.82, 2.24) is 4.90 Å². The van der Waals surface area contributed by atoms with Gasteiger partial charge in [-0.05, 0) is 52.7 Å². The molecular formula is C22H30BrNO4S. The lowest BCUT2D eigenvalue weighted by molar-refractivity contribution is 0.0213. The summed E-state index contributed by atoms with van der Waals surface area (Å²) in [7, 11) is -3.66. The first-order valence-electron chi connectivity index (χ1n) is 9.68. The van der Waals surface area contributed by atoms with Crippen LogP contribution in [0.5, 0.6) is 0 Å². The number of benzene rings is 1. The molecule has 1 aromatic rings. The number of halogens is 1. The molecule has 1 aliphatic rings. The van der Waals surface area contributed by atoms with Crippen molar-refractivity contribution in [3.05, 3.63) is 54.6 Å². The van der Waals surface area contributed by atoms with Crippen molar-refractivity contribution in [1.29, 1.82) is 0 Å². The number of hydrogen-bond acceptors (Lipinski definition) is 4. The van der Waals surface area contributed by atoms with Crippen LogP contribution in [0.4, 0.5) is 4.79 Å². The van der Waals surface area contributed by atoms with Gasteiger partial charge in [0.1, 0.15) is 5.60 Å². The van der Waals surface area contributed by atoms with Gasteiger partial charge in [-0.25, -0.2) is 13.2 Å². The number of aryl methyl sites for hydroxylation is 1. The number of nitrogens with zero attached hydrogens (tertiary/aromatic N) is 1. The molecule has 0 spiro atoms. The lowest BCUT2D eigenvalue weighted by Crippen LogP contribution is -2.45. The number of hydrogen-bond donors (Lipinski definition) is 0. The summed E-state index contributed by atoms with van der Waals surface area (Å²) in [5.41, 5.74) is 0.310. The average molecular weight is 484 g/mol. The second-order valence-electron chi connectivity index (χ2n) is 8.22. The van der Waals surface area contributed by atoms with Crippen LogP contribution in [0.3, 0.4) is 0 Å². The molecule has 2 rings (SSSR count). The number of amides is 1. The fourth-order valence-corrected chi connectivity index (χ4v) is 5.57. The van der Waals surface area contributed by atoms with Gasteiger partial charge in [0.25, 0.3) is 0 Å². The van der Waals surface area contributed by atoms with Crippen molar-refractivity contribution in [2.75, 3.05) is 5.33 Å². The fourth-order valence-electron chi connectivity index (χ4n) is 3.40. The molecule has 7 heteroatoms. The van der Waals surface area contributed by atoms with Crippen molar-refractivity contribution in [2.45, 2.75) is 68.4 Å². The maximum Gasteiger partial charge on any atom is 0.411 e. The molecule has 160 valence electrons. The molecule has 0 aromatic heterocycles. The minimum Gasteiger partial charge on any atom is -0.444 e. The van der Waals surface area contributed by atoms with Gasteiger partial charge in [0, 0.05) is 5.33 Å². The number of carbonyl (C=O) groups is 1. The van der Waals surface area contributed by atoms with Crippen molar-refractivity contribution in [3.8, 4) is 0 Å². The maximum atomic E-state index is 13.4. The Morgan fingerprint density at radius 1 is 1.31 bits per heavy atom. The lowest BCUT2D eigenvalue weighted by Gasteiger charge is -2.31. The third-order valence-electron chi connectivity index (χ3n) is 4.77. The molecular weight excluding hydrogens is 454 g/mol. The zero-order valence-corrected chi connectivity index (χ0v) is 19.9. The summed E-state index contributed by atoms with van der Waals surface area (Å²) in [5.74, 6) is 0. The smallest absolute Gasteiger partial charge is 0.411 e. The van der Waals surface area contributed by atoms with Crippen LogP contribution in [0.2, 0.25) is 0 Å². The first-order valence-corrected chi connectivity index (χ1v) is 12.3. The highest BCUT2D eigenvalue weighted by molar-refractivity contribution is 9.09. The fraction of sp³-hybridized carbons (Fsp3) is 0.500. The number of ether oxygens (including phenoxy) is 1. The molecule has 0 N–H and O–H groups in total. The van der Waals surface area contributed by atoms with Gasteiger partial charge < -0.3 is 4.74 Å². The van der Waals surface area contributed by atoms with Gasteiger partial charge in [-0.2, -0.15) is 0 Å². The zero-order chi connectivity index (χ0) is 21.8. The van der Waals surface area contributed by atoms with Gasteiger partial charge in [-0.3, -0.25) is 4.90 Å². The zero-order valence-electron chi connectivity index (χ0n) is 17.5. The van der Waals surface area contributed by atoms with Crippen LogP contribution in [-0.2, 0) is 14.6 Å². The second-order valence-corrected chi connectivity index (χ2v) is 11.2. The highest BCUT2D eigenvalue weighted by Crippen LogP contribution is 2.35. The number of rotatable bonds is 6. The number of sulfone groups is 1. The van der Waals surface area contributed by atoms with Crippen molar-refractivity contribution in [2.24, 2.45) is 0 Å².